The second-order valence-electron chi connectivity index (χ2n) is 6.88. The highest BCUT2D eigenvalue weighted by Crippen LogP contribution is 2.28. The number of amides is 2. The zero-order chi connectivity index (χ0) is 21.0. The molecule has 2 aromatic carbocycles. The summed E-state index contributed by atoms with van der Waals surface area (Å²) in [6.07, 6.45) is 0. The number of nitrogens with one attached hydrogen (secondary N) is 1. The number of hydrogen-bond donors (Lipinski definition) is 1. The van der Waals surface area contributed by atoms with Crippen molar-refractivity contribution in [3.8, 4) is 0 Å². The van der Waals surface area contributed by atoms with Crippen molar-refractivity contribution >= 4 is 28.9 Å². The molecule has 1 N–H and O–H groups in total. The van der Waals surface area contributed by atoms with Crippen molar-refractivity contribution in [3.63, 3.8) is 0 Å². The highest BCUT2D eigenvalue weighted by molar-refractivity contribution is 6.00. The van der Waals surface area contributed by atoms with Crippen LogP contribution >= 0.6 is 0 Å². The number of carbonyl (C=O) groups excluding carboxylic acids is 2. The zero-order valence-corrected chi connectivity index (χ0v) is 16.6. The van der Waals surface area contributed by atoms with Gasteiger partial charge in [0.15, 0.2) is 0 Å². The van der Waals surface area contributed by atoms with Crippen LogP contribution in [0, 0.1) is 24.0 Å². The molecular weight excluding hydrogens is 360 g/mol. The van der Waals surface area contributed by atoms with E-state index in [9.17, 15) is 19.7 Å². The molecule has 0 radical (unpaired) electrons. The fraction of sp³-hybridized carbons (Fsp3) is 0.300. The van der Waals surface area contributed by atoms with Crippen molar-refractivity contribution in [2.45, 2.75) is 13.8 Å². The topological polar surface area (TPSA) is 95.8 Å². The van der Waals surface area contributed by atoms with Crippen LogP contribution in [0.5, 0.6) is 0 Å². The van der Waals surface area contributed by atoms with E-state index in [2.05, 4.69) is 5.32 Å². The Labute approximate surface area is 163 Å². The maximum Gasteiger partial charge on any atom is 0.293 e. The van der Waals surface area contributed by atoms with Crippen LogP contribution in [-0.2, 0) is 4.79 Å². The first-order valence-corrected chi connectivity index (χ1v) is 8.68. The van der Waals surface area contributed by atoms with E-state index in [1.807, 2.05) is 32.0 Å². The predicted molar refractivity (Wildman–Crippen MR) is 109 cm³/mol. The minimum atomic E-state index is -0.528. The summed E-state index contributed by atoms with van der Waals surface area (Å²) in [6.45, 7) is 3.64. The molecule has 2 aromatic rings. The van der Waals surface area contributed by atoms with Gasteiger partial charge < -0.3 is 15.1 Å². The van der Waals surface area contributed by atoms with Crippen molar-refractivity contribution in [2.24, 2.45) is 0 Å². The number of nitro groups is 1. The summed E-state index contributed by atoms with van der Waals surface area (Å²) in [5.74, 6) is -0.812. The average Bonchev–Trinajstić information content (AvgIpc) is 2.63. The van der Waals surface area contributed by atoms with Crippen LogP contribution in [0.4, 0.5) is 17.1 Å². The molecule has 0 bridgehead atoms. The molecule has 0 atom stereocenters. The summed E-state index contributed by atoms with van der Waals surface area (Å²) in [7, 11) is 4.86. The number of nitrogens with zero attached hydrogens (tertiary/aromatic N) is 3. The molecule has 0 saturated carbocycles. The summed E-state index contributed by atoms with van der Waals surface area (Å²) < 4.78 is 0. The van der Waals surface area contributed by atoms with Crippen LogP contribution in [0.15, 0.2) is 36.4 Å². The quantitative estimate of drug-likeness (QED) is 0.610. The number of hydrogen-bond acceptors (Lipinski definition) is 5. The van der Waals surface area contributed by atoms with Crippen molar-refractivity contribution in [1.82, 2.24) is 4.90 Å². The maximum absolute atomic E-state index is 12.6. The predicted octanol–water partition coefficient (Wildman–Crippen LogP) is 2.99. The Morgan fingerprint density at radius 2 is 1.75 bits per heavy atom. The molecule has 0 saturated heterocycles. The van der Waals surface area contributed by atoms with Gasteiger partial charge in [-0.2, -0.15) is 0 Å². The van der Waals surface area contributed by atoms with Crippen LogP contribution in [0.25, 0.3) is 0 Å². The van der Waals surface area contributed by atoms with E-state index in [-0.39, 0.29) is 23.7 Å². The highest BCUT2D eigenvalue weighted by atomic mass is 16.6. The third-order valence-corrected chi connectivity index (χ3v) is 4.30. The van der Waals surface area contributed by atoms with Crippen LogP contribution < -0.4 is 10.2 Å². The van der Waals surface area contributed by atoms with E-state index < -0.39 is 10.8 Å². The smallest absolute Gasteiger partial charge is 0.293 e. The van der Waals surface area contributed by atoms with Gasteiger partial charge in [-0.05, 0) is 43.2 Å². The Morgan fingerprint density at radius 3 is 2.36 bits per heavy atom. The normalized spacial score (nSPS) is 10.3. The summed E-state index contributed by atoms with van der Waals surface area (Å²) >= 11 is 0. The third-order valence-electron chi connectivity index (χ3n) is 4.30. The summed E-state index contributed by atoms with van der Waals surface area (Å²) in [6, 6.07) is 9.99. The van der Waals surface area contributed by atoms with Gasteiger partial charge in [0.25, 0.3) is 11.6 Å². The largest absolute Gasteiger partial charge is 0.372 e. The van der Waals surface area contributed by atoms with Crippen molar-refractivity contribution < 1.29 is 14.5 Å². The number of aryl methyl sites for hydroxylation is 2. The summed E-state index contributed by atoms with van der Waals surface area (Å²) in [5, 5.41) is 14.1. The molecule has 0 aromatic heterocycles. The zero-order valence-electron chi connectivity index (χ0n) is 16.6. The van der Waals surface area contributed by atoms with Gasteiger partial charge in [0.2, 0.25) is 5.91 Å². The first-order chi connectivity index (χ1) is 13.1. The monoisotopic (exact) mass is 384 g/mol. The number of rotatable bonds is 6. The van der Waals surface area contributed by atoms with Gasteiger partial charge in [-0.15, -0.1) is 0 Å². The molecular formula is C20H24N4O4. The first-order valence-electron chi connectivity index (χ1n) is 8.68. The molecule has 0 aliphatic carbocycles. The number of carbonyl (C=O) groups is 2. The number of likely N-dealkylation sites (N-methyl/N-ethyl adjacent to an activating group) is 1. The van der Waals surface area contributed by atoms with E-state index >= 15 is 0 Å². The molecule has 8 nitrogen and oxygen atoms in total. The third kappa shape index (κ3) is 4.85. The van der Waals surface area contributed by atoms with Crippen molar-refractivity contribution in [1.29, 1.82) is 0 Å². The van der Waals surface area contributed by atoms with Gasteiger partial charge >= 0.3 is 0 Å². The average molecular weight is 384 g/mol. The number of anilines is 2. The molecule has 0 spiro atoms. The molecule has 2 amide bonds. The Balaban J connectivity index is 2.14. The van der Waals surface area contributed by atoms with Gasteiger partial charge in [-0.1, -0.05) is 12.1 Å². The minimum absolute atomic E-state index is 0.152. The van der Waals surface area contributed by atoms with Crippen molar-refractivity contribution in [3.05, 3.63) is 63.2 Å². The fourth-order valence-corrected chi connectivity index (χ4v) is 2.75. The lowest BCUT2D eigenvalue weighted by Gasteiger charge is -2.18. The lowest BCUT2D eigenvalue weighted by Crippen LogP contribution is -2.35. The van der Waals surface area contributed by atoms with E-state index in [4.69, 9.17) is 0 Å². The SMILES string of the molecule is Cc1ccc(C)c(NC(=O)CN(C)C(=O)c2ccc(N(C)C)c([N+](=O)[O-])c2)c1. The highest BCUT2D eigenvalue weighted by Gasteiger charge is 2.21. The fourth-order valence-electron chi connectivity index (χ4n) is 2.75. The van der Waals surface area contributed by atoms with E-state index in [1.54, 1.807) is 19.0 Å². The standard InChI is InChI=1S/C20H24N4O4/c1-13-6-7-14(2)16(10-13)21-19(25)12-23(5)20(26)15-8-9-17(22(3)4)18(11-15)24(27)28/h6-11H,12H2,1-5H3,(H,21,25). The molecule has 0 heterocycles. The number of benzene rings is 2. The Kier molecular flexibility index (Phi) is 6.35. The number of nitro benzene ring substituents is 1. The van der Waals surface area contributed by atoms with Crippen LogP contribution in [0.2, 0.25) is 0 Å². The Morgan fingerprint density at radius 1 is 1.07 bits per heavy atom. The first kappa shape index (κ1) is 20.9. The molecule has 0 unspecified atom stereocenters. The van der Waals surface area contributed by atoms with E-state index in [1.165, 1.54) is 30.1 Å². The second kappa shape index (κ2) is 8.51. The Bertz CT molecular complexity index is 924. The molecule has 0 aliphatic heterocycles. The molecule has 148 valence electrons. The van der Waals surface area contributed by atoms with Crippen LogP contribution in [-0.4, -0.2) is 49.3 Å². The van der Waals surface area contributed by atoms with Gasteiger partial charge in [-0.3, -0.25) is 19.7 Å². The molecule has 28 heavy (non-hydrogen) atoms. The Hall–Kier alpha value is -3.42. The lowest BCUT2D eigenvalue weighted by molar-refractivity contribution is -0.384. The van der Waals surface area contributed by atoms with Crippen LogP contribution in [0.3, 0.4) is 0 Å². The van der Waals surface area contributed by atoms with Gasteiger partial charge in [0, 0.05) is 38.5 Å². The molecule has 8 heteroatoms. The minimum Gasteiger partial charge on any atom is -0.372 e. The lowest BCUT2D eigenvalue weighted by atomic mass is 10.1. The van der Waals surface area contributed by atoms with Gasteiger partial charge in [-0.25, -0.2) is 0 Å². The van der Waals surface area contributed by atoms with E-state index in [0.29, 0.717) is 11.4 Å². The molecule has 0 aliphatic rings. The molecule has 2 rings (SSSR count). The van der Waals surface area contributed by atoms with Crippen molar-refractivity contribution in [2.75, 3.05) is 37.9 Å². The van der Waals surface area contributed by atoms with Gasteiger partial charge in [0.1, 0.15) is 5.69 Å². The summed E-state index contributed by atoms with van der Waals surface area (Å²) in [4.78, 5) is 38.5. The van der Waals surface area contributed by atoms with E-state index in [0.717, 1.165) is 11.1 Å². The van der Waals surface area contributed by atoms with Gasteiger partial charge in [0.05, 0.1) is 11.5 Å². The molecule has 0 fully saturated rings. The van der Waals surface area contributed by atoms with Crippen LogP contribution in [0.1, 0.15) is 21.5 Å². The second-order valence-corrected chi connectivity index (χ2v) is 6.88. The summed E-state index contributed by atoms with van der Waals surface area (Å²) in [5.41, 5.74) is 3.01. The maximum atomic E-state index is 12.6.